The molecule has 2 N–H and O–H groups in total. The van der Waals surface area contributed by atoms with E-state index < -0.39 is 0 Å². The van der Waals surface area contributed by atoms with Crippen molar-refractivity contribution in [2.45, 2.75) is 32.9 Å². The van der Waals surface area contributed by atoms with Crippen molar-refractivity contribution >= 4 is 23.0 Å². The van der Waals surface area contributed by atoms with Crippen LogP contribution in [0.3, 0.4) is 0 Å². The van der Waals surface area contributed by atoms with Crippen LogP contribution in [0.5, 0.6) is 0 Å². The Balaban J connectivity index is 1.72. The second kappa shape index (κ2) is 9.31. The molecule has 1 saturated heterocycles. The van der Waals surface area contributed by atoms with E-state index in [1.165, 1.54) is 16.7 Å². The van der Waals surface area contributed by atoms with Gasteiger partial charge in [0.25, 0.3) is 0 Å². The van der Waals surface area contributed by atoms with Crippen LogP contribution >= 0.6 is 12.2 Å². The largest absolute Gasteiger partial charge is 0.379 e. The lowest BCUT2D eigenvalue weighted by Crippen LogP contribution is -2.49. The SMILES string of the molecule is Cc1cccc(NC(=S)N[C@@H](C)[C@@H](c2ccccc2)N2CCOCC2)c1C. The second-order valence-corrected chi connectivity index (χ2v) is 7.55. The average Bonchev–Trinajstić information content (AvgIpc) is 2.67. The van der Waals surface area contributed by atoms with E-state index in [-0.39, 0.29) is 12.1 Å². The molecule has 1 aliphatic rings. The molecule has 2 aromatic rings. The van der Waals surface area contributed by atoms with Gasteiger partial charge in [-0.05, 0) is 55.7 Å². The summed E-state index contributed by atoms with van der Waals surface area (Å²) in [5.74, 6) is 0. The predicted octanol–water partition coefficient (Wildman–Crippen LogP) is 4.05. The van der Waals surface area contributed by atoms with Crippen LogP contribution in [0.15, 0.2) is 48.5 Å². The second-order valence-electron chi connectivity index (χ2n) is 7.14. The summed E-state index contributed by atoms with van der Waals surface area (Å²) in [6, 6.07) is 17.3. The Morgan fingerprint density at radius 2 is 1.74 bits per heavy atom. The van der Waals surface area contributed by atoms with Gasteiger partial charge >= 0.3 is 0 Å². The quantitative estimate of drug-likeness (QED) is 0.762. The number of thiocarbonyl (C=S) groups is 1. The zero-order valence-electron chi connectivity index (χ0n) is 16.4. The van der Waals surface area contributed by atoms with Gasteiger partial charge in [0.15, 0.2) is 5.11 Å². The zero-order valence-corrected chi connectivity index (χ0v) is 17.2. The number of morpholine rings is 1. The number of nitrogens with zero attached hydrogens (tertiary/aromatic N) is 1. The van der Waals surface area contributed by atoms with E-state index in [4.69, 9.17) is 17.0 Å². The molecule has 2 atom stereocenters. The number of hydrogen-bond donors (Lipinski definition) is 2. The summed E-state index contributed by atoms with van der Waals surface area (Å²) in [7, 11) is 0. The molecule has 0 unspecified atom stereocenters. The van der Waals surface area contributed by atoms with Crippen LogP contribution in [0.1, 0.15) is 29.7 Å². The Labute approximate surface area is 167 Å². The first-order chi connectivity index (χ1) is 13.1. The lowest BCUT2D eigenvalue weighted by Gasteiger charge is -2.38. The van der Waals surface area contributed by atoms with Crippen LogP contribution in [0, 0.1) is 13.8 Å². The van der Waals surface area contributed by atoms with Crippen molar-refractivity contribution in [1.82, 2.24) is 10.2 Å². The summed E-state index contributed by atoms with van der Waals surface area (Å²) >= 11 is 5.62. The van der Waals surface area contributed by atoms with Crippen LogP contribution in [0.2, 0.25) is 0 Å². The number of anilines is 1. The molecule has 0 radical (unpaired) electrons. The highest BCUT2D eigenvalue weighted by molar-refractivity contribution is 7.80. The fraction of sp³-hybridized carbons (Fsp3) is 0.409. The maximum absolute atomic E-state index is 5.62. The van der Waals surface area contributed by atoms with Gasteiger partial charge in [0, 0.05) is 24.8 Å². The summed E-state index contributed by atoms with van der Waals surface area (Å²) in [5, 5.41) is 7.53. The summed E-state index contributed by atoms with van der Waals surface area (Å²) in [4.78, 5) is 2.48. The third kappa shape index (κ3) is 5.06. The van der Waals surface area contributed by atoms with Gasteiger partial charge in [-0.15, -0.1) is 0 Å². The maximum Gasteiger partial charge on any atom is 0.171 e. The van der Waals surface area contributed by atoms with Crippen LogP contribution in [-0.2, 0) is 4.74 Å². The molecular weight excluding hydrogens is 354 g/mol. The van der Waals surface area contributed by atoms with E-state index in [1.54, 1.807) is 0 Å². The predicted molar refractivity (Wildman–Crippen MR) is 116 cm³/mol. The fourth-order valence-corrected chi connectivity index (χ4v) is 3.95. The van der Waals surface area contributed by atoms with Crippen LogP contribution in [0.4, 0.5) is 5.69 Å². The van der Waals surface area contributed by atoms with Crippen molar-refractivity contribution in [1.29, 1.82) is 0 Å². The topological polar surface area (TPSA) is 36.5 Å². The van der Waals surface area contributed by atoms with Crippen LogP contribution in [0.25, 0.3) is 0 Å². The number of hydrogen-bond acceptors (Lipinski definition) is 3. The Bertz CT molecular complexity index is 759. The number of rotatable bonds is 5. The van der Waals surface area contributed by atoms with Crippen molar-refractivity contribution in [2.24, 2.45) is 0 Å². The number of aryl methyl sites for hydroxylation is 1. The number of benzene rings is 2. The van der Waals surface area contributed by atoms with Crippen molar-refractivity contribution < 1.29 is 4.74 Å². The van der Waals surface area contributed by atoms with Gasteiger partial charge in [0.1, 0.15) is 0 Å². The molecule has 1 heterocycles. The first kappa shape index (κ1) is 19.8. The first-order valence-corrected chi connectivity index (χ1v) is 9.97. The molecule has 2 aromatic carbocycles. The minimum atomic E-state index is 0.163. The molecule has 144 valence electrons. The van der Waals surface area contributed by atoms with Crippen molar-refractivity contribution in [2.75, 3.05) is 31.6 Å². The third-order valence-electron chi connectivity index (χ3n) is 5.27. The van der Waals surface area contributed by atoms with Gasteiger partial charge in [-0.2, -0.15) is 0 Å². The van der Waals surface area contributed by atoms with Crippen LogP contribution in [-0.4, -0.2) is 42.4 Å². The monoisotopic (exact) mass is 383 g/mol. The van der Waals surface area contributed by atoms with Gasteiger partial charge in [-0.25, -0.2) is 0 Å². The smallest absolute Gasteiger partial charge is 0.171 e. The van der Waals surface area contributed by atoms with E-state index in [9.17, 15) is 0 Å². The van der Waals surface area contributed by atoms with Crippen molar-refractivity contribution in [3.63, 3.8) is 0 Å². The Hall–Kier alpha value is -1.95. The van der Waals surface area contributed by atoms with Gasteiger partial charge in [0.05, 0.1) is 19.3 Å². The highest BCUT2D eigenvalue weighted by Crippen LogP contribution is 2.25. The summed E-state index contributed by atoms with van der Waals surface area (Å²) in [6.07, 6.45) is 0. The molecular formula is C22H29N3OS. The van der Waals surface area contributed by atoms with E-state index in [1.807, 2.05) is 0 Å². The molecule has 0 bridgehead atoms. The average molecular weight is 384 g/mol. The van der Waals surface area contributed by atoms with Gasteiger partial charge in [0.2, 0.25) is 0 Å². The van der Waals surface area contributed by atoms with E-state index >= 15 is 0 Å². The molecule has 0 saturated carbocycles. The zero-order chi connectivity index (χ0) is 19.2. The number of nitrogens with one attached hydrogen (secondary N) is 2. The number of ether oxygens (including phenoxy) is 1. The molecule has 3 rings (SSSR count). The van der Waals surface area contributed by atoms with Crippen LogP contribution < -0.4 is 10.6 Å². The highest BCUT2D eigenvalue weighted by Gasteiger charge is 2.28. The lowest BCUT2D eigenvalue weighted by molar-refractivity contribution is 0.0102. The molecule has 0 spiro atoms. The minimum Gasteiger partial charge on any atom is -0.379 e. The van der Waals surface area contributed by atoms with Gasteiger partial charge < -0.3 is 15.4 Å². The Kier molecular flexibility index (Phi) is 6.83. The molecule has 4 nitrogen and oxygen atoms in total. The van der Waals surface area contributed by atoms with E-state index in [0.29, 0.717) is 5.11 Å². The van der Waals surface area contributed by atoms with Gasteiger partial charge in [-0.3, -0.25) is 4.90 Å². The molecule has 1 aliphatic heterocycles. The van der Waals surface area contributed by atoms with Crippen molar-refractivity contribution in [3.8, 4) is 0 Å². The molecule has 1 fully saturated rings. The minimum absolute atomic E-state index is 0.163. The maximum atomic E-state index is 5.62. The first-order valence-electron chi connectivity index (χ1n) is 9.56. The summed E-state index contributed by atoms with van der Waals surface area (Å²) in [5.41, 5.74) is 4.84. The standard InChI is InChI=1S/C22H29N3OS/c1-16-8-7-11-20(17(16)2)24-22(27)23-18(3)21(19-9-5-4-6-10-19)25-12-14-26-15-13-25/h4-11,18,21H,12-15H2,1-3H3,(H2,23,24,27)/t18-,21-/m0/s1. The third-order valence-corrected chi connectivity index (χ3v) is 5.49. The van der Waals surface area contributed by atoms with Crippen molar-refractivity contribution in [3.05, 3.63) is 65.2 Å². The molecule has 0 aliphatic carbocycles. The Morgan fingerprint density at radius 1 is 1.04 bits per heavy atom. The molecule has 0 amide bonds. The van der Waals surface area contributed by atoms with E-state index in [0.717, 1.165) is 32.0 Å². The normalized spacial score (nSPS) is 17.1. The molecule has 0 aromatic heterocycles. The molecule has 5 heteroatoms. The Morgan fingerprint density at radius 3 is 2.44 bits per heavy atom. The highest BCUT2D eigenvalue weighted by atomic mass is 32.1. The molecule has 27 heavy (non-hydrogen) atoms. The fourth-order valence-electron chi connectivity index (χ4n) is 3.65. The lowest BCUT2D eigenvalue weighted by atomic mass is 9.98. The van der Waals surface area contributed by atoms with Gasteiger partial charge in [-0.1, -0.05) is 42.5 Å². The summed E-state index contributed by atoms with van der Waals surface area (Å²) < 4.78 is 5.55. The summed E-state index contributed by atoms with van der Waals surface area (Å²) in [6.45, 7) is 9.85. The van der Waals surface area contributed by atoms with E-state index in [2.05, 4.69) is 84.8 Å².